The first kappa shape index (κ1) is 18.8. The largest absolute Gasteiger partial charge is 0.433 e. The molecule has 1 N–H and O–H groups in total. The summed E-state index contributed by atoms with van der Waals surface area (Å²) in [7, 11) is 0. The lowest BCUT2D eigenvalue weighted by Crippen LogP contribution is -2.15. The highest BCUT2D eigenvalue weighted by Crippen LogP contribution is 2.38. The van der Waals surface area contributed by atoms with Gasteiger partial charge >= 0.3 is 6.18 Å². The Labute approximate surface area is 169 Å². The number of hydrogen-bond acceptors (Lipinski definition) is 2. The first-order valence-corrected chi connectivity index (χ1v) is 9.16. The van der Waals surface area contributed by atoms with E-state index in [1.807, 2.05) is 0 Å². The Morgan fingerprint density at radius 3 is 2.21 bits per heavy atom. The van der Waals surface area contributed by atoms with Crippen LogP contribution in [0.5, 0.6) is 0 Å². The first-order valence-electron chi connectivity index (χ1n) is 7.99. The fourth-order valence-electron chi connectivity index (χ4n) is 2.90. The molecule has 0 radical (unpaired) electrons. The summed E-state index contributed by atoms with van der Waals surface area (Å²) >= 11 is 9.18. The van der Waals surface area contributed by atoms with Crippen LogP contribution in [0.15, 0.2) is 63.9 Å². The van der Waals surface area contributed by atoms with Crippen LogP contribution >= 0.6 is 27.5 Å². The summed E-state index contributed by atoms with van der Waals surface area (Å²) in [4.78, 5) is 16.9. The zero-order valence-corrected chi connectivity index (χ0v) is 16.2. The number of benzene rings is 2. The van der Waals surface area contributed by atoms with Crippen molar-refractivity contribution in [3.05, 3.63) is 80.1 Å². The Balaban J connectivity index is 2.05. The van der Waals surface area contributed by atoms with Gasteiger partial charge in [-0.15, -0.1) is 0 Å². The number of halogens is 5. The van der Waals surface area contributed by atoms with E-state index in [-0.39, 0.29) is 22.5 Å². The Morgan fingerprint density at radius 2 is 1.61 bits per heavy atom. The Kier molecular flexibility index (Phi) is 4.55. The second-order valence-corrected chi connectivity index (χ2v) is 7.36. The summed E-state index contributed by atoms with van der Waals surface area (Å²) in [5.74, 6) is 0. The minimum Gasteiger partial charge on any atom is -0.284 e. The Bertz CT molecular complexity index is 1230. The third kappa shape index (κ3) is 3.33. The zero-order chi connectivity index (χ0) is 20.1. The molecule has 4 aromatic rings. The van der Waals surface area contributed by atoms with Crippen LogP contribution in [0.25, 0.3) is 28.0 Å². The highest BCUT2D eigenvalue weighted by molar-refractivity contribution is 9.10. The predicted molar refractivity (Wildman–Crippen MR) is 104 cm³/mol. The van der Waals surface area contributed by atoms with Crippen molar-refractivity contribution < 1.29 is 13.2 Å². The van der Waals surface area contributed by atoms with Gasteiger partial charge in [0.2, 0.25) is 0 Å². The van der Waals surface area contributed by atoms with Crippen LogP contribution in [0.2, 0.25) is 5.02 Å². The van der Waals surface area contributed by atoms with Gasteiger partial charge in [-0.25, -0.2) is 9.50 Å². The molecule has 0 amide bonds. The molecule has 0 aliphatic rings. The van der Waals surface area contributed by atoms with Gasteiger partial charge in [0.1, 0.15) is 5.69 Å². The Morgan fingerprint density at radius 1 is 1.00 bits per heavy atom. The fraction of sp³-hybridized carbons (Fsp3) is 0.0526. The van der Waals surface area contributed by atoms with Crippen molar-refractivity contribution in [2.24, 2.45) is 0 Å². The number of fused-ring (bicyclic) bond motifs is 1. The van der Waals surface area contributed by atoms with Crippen molar-refractivity contribution in [1.29, 1.82) is 0 Å². The average molecular weight is 469 g/mol. The fourth-order valence-corrected chi connectivity index (χ4v) is 3.29. The maximum absolute atomic E-state index is 13.6. The van der Waals surface area contributed by atoms with Crippen LogP contribution in [0.1, 0.15) is 5.69 Å². The van der Waals surface area contributed by atoms with E-state index in [0.717, 1.165) is 8.99 Å². The van der Waals surface area contributed by atoms with Gasteiger partial charge in [-0.3, -0.25) is 9.89 Å². The monoisotopic (exact) mass is 467 g/mol. The van der Waals surface area contributed by atoms with Crippen molar-refractivity contribution in [2.75, 3.05) is 0 Å². The van der Waals surface area contributed by atoms with E-state index in [0.29, 0.717) is 10.6 Å². The number of nitrogens with zero attached hydrogens (tertiary/aromatic N) is 2. The van der Waals surface area contributed by atoms with Gasteiger partial charge in [-0.2, -0.15) is 13.2 Å². The molecule has 4 nitrogen and oxygen atoms in total. The molecule has 0 unspecified atom stereocenters. The quantitative estimate of drug-likeness (QED) is 0.405. The molecule has 9 heteroatoms. The summed E-state index contributed by atoms with van der Waals surface area (Å²) < 4.78 is 42.6. The number of hydrogen-bond donors (Lipinski definition) is 1. The van der Waals surface area contributed by atoms with Crippen molar-refractivity contribution >= 4 is 33.2 Å². The van der Waals surface area contributed by atoms with Crippen LogP contribution < -0.4 is 5.56 Å². The number of nitrogens with one attached hydrogen (secondary N) is 1. The van der Waals surface area contributed by atoms with Crippen LogP contribution in [0.3, 0.4) is 0 Å². The number of aromatic amines is 1. The molecular weight excluding hydrogens is 459 g/mol. The summed E-state index contributed by atoms with van der Waals surface area (Å²) in [6.45, 7) is 0. The van der Waals surface area contributed by atoms with E-state index in [2.05, 4.69) is 26.0 Å². The van der Waals surface area contributed by atoms with Crippen LogP contribution in [0, 0.1) is 0 Å². The summed E-state index contributed by atoms with van der Waals surface area (Å²) in [5.41, 5.74) is -0.878. The second-order valence-electron chi connectivity index (χ2n) is 6.01. The smallest absolute Gasteiger partial charge is 0.284 e. The lowest BCUT2D eigenvalue weighted by molar-refractivity contribution is -0.140. The van der Waals surface area contributed by atoms with Gasteiger partial charge in [0.05, 0.1) is 11.3 Å². The van der Waals surface area contributed by atoms with Gasteiger partial charge in [-0.05, 0) is 29.8 Å². The minimum absolute atomic E-state index is 0.111. The minimum atomic E-state index is -4.70. The lowest BCUT2D eigenvalue weighted by Gasteiger charge is -2.07. The van der Waals surface area contributed by atoms with Crippen molar-refractivity contribution in [3.8, 4) is 22.4 Å². The lowest BCUT2D eigenvalue weighted by atomic mass is 10.1. The standard InChI is InChI=1S/C19H10BrClF3N3O/c20-12-5-1-10(2-6-12)14-9-15(28)27-18(25-14)16(17(26-27)19(22,23)24)11-3-7-13(21)8-4-11/h1-9,26H. The van der Waals surface area contributed by atoms with Gasteiger partial charge < -0.3 is 0 Å². The maximum Gasteiger partial charge on any atom is 0.433 e. The normalized spacial score (nSPS) is 11.9. The maximum atomic E-state index is 13.6. The molecule has 0 atom stereocenters. The molecule has 0 bridgehead atoms. The number of rotatable bonds is 2. The molecule has 2 heterocycles. The summed E-state index contributed by atoms with van der Waals surface area (Å²) in [6.07, 6.45) is -4.70. The van der Waals surface area contributed by atoms with E-state index in [1.54, 1.807) is 24.3 Å². The molecular formula is C19H10BrClF3N3O. The molecule has 0 saturated carbocycles. The Hall–Kier alpha value is -2.58. The van der Waals surface area contributed by atoms with Crippen LogP contribution in [-0.2, 0) is 6.18 Å². The van der Waals surface area contributed by atoms with Crippen molar-refractivity contribution in [2.45, 2.75) is 6.18 Å². The first-order chi connectivity index (χ1) is 13.2. The SMILES string of the molecule is O=c1cc(-c2ccc(Br)cc2)nc2c(-c3ccc(Cl)cc3)c(C(F)(F)F)[nH]n12. The number of aromatic nitrogens is 3. The van der Waals surface area contributed by atoms with E-state index in [4.69, 9.17) is 11.6 Å². The molecule has 28 heavy (non-hydrogen) atoms. The predicted octanol–water partition coefficient (Wildman–Crippen LogP) is 5.79. The van der Waals surface area contributed by atoms with Crippen molar-refractivity contribution in [3.63, 3.8) is 0 Å². The van der Waals surface area contributed by atoms with E-state index < -0.39 is 17.4 Å². The van der Waals surface area contributed by atoms with Crippen molar-refractivity contribution in [1.82, 2.24) is 14.6 Å². The van der Waals surface area contributed by atoms with Gasteiger partial charge in [0, 0.05) is 21.1 Å². The molecule has 2 aromatic heterocycles. The van der Waals surface area contributed by atoms with Crippen LogP contribution in [-0.4, -0.2) is 14.6 Å². The molecule has 0 aliphatic carbocycles. The van der Waals surface area contributed by atoms with Gasteiger partial charge in [0.25, 0.3) is 5.56 Å². The zero-order valence-electron chi connectivity index (χ0n) is 13.9. The van der Waals surface area contributed by atoms with Gasteiger partial charge in [-0.1, -0.05) is 51.8 Å². The second kappa shape index (κ2) is 6.79. The summed E-state index contributed by atoms with van der Waals surface area (Å²) in [6, 6.07) is 14.0. The average Bonchev–Trinajstić information content (AvgIpc) is 3.03. The van der Waals surface area contributed by atoms with E-state index in [1.165, 1.54) is 30.3 Å². The van der Waals surface area contributed by atoms with E-state index >= 15 is 0 Å². The molecule has 0 fully saturated rings. The summed E-state index contributed by atoms with van der Waals surface area (Å²) in [5, 5.41) is 2.54. The van der Waals surface area contributed by atoms with E-state index in [9.17, 15) is 18.0 Å². The van der Waals surface area contributed by atoms with Gasteiger partial charge in [0.15, 0.2) is 5.65 Å². The molecule has 0 saturated heterocycles. The molecule has 0 aliphatic heterocycles. The third-order valence-electron chi connectivity index (χ3n) is 4.17. The topological polar surface area (TPSA) is 50.2 Å². The molecule has 0 spiro atoms. The number of H-pyrrole nitrogens is 1. The molecule has 4 rings (SSSR count). The third-order valence-corrected chi connectivity index (χ3v) is 4.95. The molecule has 142 valence electrons. The molecule has 2 aromatic carbocycles. The highest BCUT2D eigenvalue weighted by atomic mass is 79.9. The number of alkyl halides is 3. The highest BCUT2D eigenvalue weighted by Gasteiger charge is 2.38. The van der Waals surface area contributed by atoms with Crippen LogP contribution in [0.4, 0.5) is 13.2 Å².